The van der Waals surface area contributed by atoms with Gasteiger partial charge in [0.2, 0.25) is 5.91 Å². The van der Waals surface area contributed by atoms with Gasteiger partial charge in [-0.2, -0.15) is 0 Å². The van der Waals surface area contributed by atoms with Gasteiger partial charge < -0.3 is 9.84 Å². The van der Waals surface area contributed by atoms with E-state index in [1.54, 1.807) is 0 Å². The predicted molar refractivity (Wildman–Crippen MR) is 64.5 cm³/mol. The molecule has 0 aromatic carbocycles. The molecule has 2 aliphatic heterocycles. The SMILES string of the molecule is O=C(O)CC1CCN(CC(=O)N2CCOC2=O)CC1. The minimum Gasteiger partial charge on any atom is -0.481 e. The van der Waals surface area contributed by atoms with E-state index in [1.807, 2.05) is 4.90 Å². The molecule has 0 radical (unpaired) electrons. The van der Waals surface area contributed by atoms with Crippen LogP contribution in [-0.2, 0) is 14.3 Å². The highest BCUT2D eigenvalue weighted by molar-refractivity contribution is 5.94. The molecule has 0 aromatic rings. The average molecular weight is 270 g/mol. The lowest BCUT2D eigenvalue weighted by molar-refractivity contribution is -0.139. The zero-order valence-corrected chi connectivity index (χ0v) is 10.7. The van der Waals surface area contributed by atoms with E-state index in [4.69, 9.17) is 9.84 Å². The number of rotatable bonds is 4. The summed E-state index contributed by atoms with van der Waals surface area (Å²) in [6.45, 7) is 2.20. The van der Waals surface area contributed by atoms with Crippen molar-refractivity contribution in [1.29, 1.82) is 0 Å². The number of carbonyl (C=O) groups excluding carboxylic acids is 2. The first kappa shape index (κ1) is 13.8. The molecule has 0 atom stereocenters. The minimum absolute atomic E-state index is 0.195. The van der Waals surface area contributed by atoms with Crippen molar-refractivity contribution >= 4 is 18.0 Å². The van der Waals surface area contributed by atoms with E-state index >= 15 is 0 Å². The minimum atomic E-state index is -0.769. The summed E-state index contributed by atoms with van der Waals surface area (Å²) < 4.78 is 4.72. The summed E-state index contributed by atoms with van der Waals surface area (Å²) in [6, 6.07) is 0. The standard InChI is InChI=1S/C12H18N2O5/c15-10(14-5-6-19-12(14)18)8-13-3-1-9(2-4-13)7-11(16)17/h9H,1-8H2,(H,16,17). The normalized spacial score (nSPS) is 21.5. The Morgan fingerprint density at radius 3 is 2.47 bits per heavy atom. The lowest BCUT2D eigenvalue weighted by Crippen LogP contribution is -2.43. The maximum atomic E-state index is 11.9. The second-order valence-electron chi connectivity index (χ2n) is 4.98. The highest BCUT2D eigenvalue weighted by Gasteiger charge is 2.30. The molecule has 0 bridgehead atoms. The van der Waals surface area contributed by atoms with Gasteiger partial charge in [-0.25, -0.2) is 9.69 Å². The maximum Gasteiger partial charge on any atom is 0.416 e. The number of piperidine rings is 1. The summed E-state index contributed by atoms with van der Waals surface area (Å²) in [6.07, 6.45) is 1.19. The fourth-order valence-electron chi connectivity index (χ4n) is 2.49. The van der Waals surface area contributed by atoms with Gasteiger partial charge in [-0.1, -0.05) is 0 Å². The topological polar surface area (TPSA) is 87.2 Å². The van der Waals surface area contributed by atoms with Crippen molar-refractivity contribution in [3.05, 3.63) is 0 Å². The van der Waals surface area contributed by atoms with Crippen LogP contribution in [-0.4, -0.2) is 65.7 Å². The van der Waals surface area contributed by atoms with Gasteiger partial charge in [0, 0.05) is 6.42 Å². The third-order valence-corrected chi connectivity index (χ3v) is 3.59. The van der Waals surface area contributed by atoms with Gasteiger partial charge in [-0.3, -0.25) is 14.5 Å². The molecule has 7 heteroatoms. The number of aliphatic carboxylic acids is 1. The van der Waals surface area contributed by atoms with Gasteiger partial charge in [-0.05, 0) is 31.8 Å². The van der Waals surface area contributed by atoms with Crippen LogP contribution in [0.5, 0.6) is 0 Å². The summed E-state index contributed by atoms with van der Waals surface area (Å²) in [7, 11) is 0. The van der Waals surface area contributed by atoms with Crippen molar-refractivity contribution < 1.29 is 24.2 Å². The van der Waals surface area contributed by atoms with Crippen molar-refractivity contribution in [3.63, 3.8) is 0 Å². The van der Waals surface area contributed by atoms with Gasteiger partial charge in [0.1, 0.15) is 6.61 Å². The number of carboxylic acids is 1. The van der Waals surface area contributed by atoms with Gasteiger partial charge in [0.15, 0.2) is 0 Å². The van der Waals surface area contributed by atoms with Crippen LogP contribution in [0.4, 0.5) is 4.79 Å². The molecule has 0 spiro atoms. The Labute approximate surface area is 111 Å². The molecule has 0 unspecified atom stereocenters. The lowest BCUT2D eigenvalue weighted by Gasteiger charge is -2.31. The molecule has 2 aliphatic rings. The molecular weight excluding hydrogens is 252 g/mol. The van der Waals surface area contributed by atoms with Gasteiger partial charge in [-0.15, -0.1) is 0 Å². The monoisotopic (exact) mass is 270 g/mol. The number of likely N-dealkylation sites (tertiary alicyclic amines) is 1. The van der Waals surface area contributed by atoms with Gasteiger partial charge in [0.25, 0.3) is 0 Å². The van der Waals surface area contributed by atoms with Crippen molar-refractivity contribution in [1.82, 2.24) is 9.80 Å². The third kappa shape index (κ3) is 3.66. The number of carbonyl (C=O) groups is 3. The first-order chi connectivity index (χ1) is 9.06. The highest BCUT2D eigenvalue weighted by atomic mass is 16.6. The van der Waals surface area contributed by atoms with Crippen molar-refractivity contribution in [2.45, 2.75) is 19.3 Å². The zero-order chi connectivity index (χ0) is 13.8. The van der Waals surface area contributed by atoms with Crippen molar-refractivity contribution in [3.8, 4) is 0 Å². The molecule has 7 nitrogen and oxygen atoms in total. The van der Waals surface area contributed by atoms with Crippen LogP contribution in [0.1, 0.15) is 19.3 Å². The van der Waals surface area contributed by atoms with E-state index in [2.05, 4.69) is 0 Å². The van der Waals surface area contributed by atoms with Crippen LogP contribution in [0.2, 0.25) is 0 Å². The number of nitrogens with zero attached hydrogens (tertiary/aromatic N) is 2. The zero-order valence-electron chi connectivity index (χ0n) is 10.7. The Bertz CT molecular complexity index is 376. The molecular formula is C12H18N2O5. The summed E-state index contributed by atoms with van der Waals surface area (Å²) in [4.78, 5) is 36.8. The fourth-order valence-corrected chi connectivity index (χ4v) is 2.49. The Morgan fingerprint density at radius 1 is 1.26 bits per heavy atom. The average Bonchev–Trinajstić information content (AvgIpc) is 2.77. The number of ether oxygens (including phenoxy) is 1. The molecule has 19 heavy (non-hydrogen) atoms. The smallest absolute Gasteiger partial charge is 0.416 e. The van der Waals surface area contributed by atoms with Crippen LogP contribution in [0.3, 0.4) is 0 Å². The molecule has 0 aliphatic carbocycles. The second-order valence-corrected chi connectivity index (χ2v) is 4.98. The molecule has 1 N–H and O–H groups in total. The Morgan fingerprint density at radius 2 is 1.95 bits per heavy atom. The largest absolute Gasteiger partial charge is 0.481 e. The Kier molecular flexibility index (Phi) is 4.36. The summed E-state index contributed by atoms with van der Waals surface area (Å²) in [5.41, 5.74) is 0. The maximum absolute atomic E-state index is 11.9. The van der Waals surface area contributed by atoms with E-state index in [1.165, 1.54) is 0 Å². The van der Waals surface area contributed by atoms with Gasteiger partial charge in [0.05, 0.1) is 13.1 Å². The first-order valence-electron chi connectivity index (χ1n) is 6.47. The number of imide groups is 1. The predicted octanol–water partition coefficient (Wildman–Crippen LogP) is 0.152. The number of hydrogen-bond donors (Lipinski definition) is 1. The van der Waals surface area contributed by atoms with Crippen LogP contribution < -0.4 is 0 Å². The molecule has 106 valence electrons. The number of hydrogen-bond acceptors (Lipinski definition) is 5. The first-order valence-corrected chi connectivity index (χ1v) is 6.47. The summed E-state index contributed by atoms with van der Waals surface area (Å²) in [5, 5.41) is 8.72. The van der Waals surface area contributed by atoms with E-state index in [0.717, 1.165) is 17.7 Å². The van der Waals surface area contributed by atoms with E-state index in [0.29, 0.717) is 19.6 Å². The van der Waals surface area contributed by atoms with E-state index < -0.39 is 12.1 Å². The summed E-state index contributed by atoms with van der Waals surface area (Å²) in [5.74, 6) is -0.811. The van der Waals surface area contributed by atoms with E-state index in [9.17, 15) is 14.4 Å². The van der Waals surface area contributed by atoms with Crippen LogP contribution in [0.25, 0.3) is 0 Å². The van der Waals surface area contributed by atoms with Crippen LogP contribution in [0, 0.1) is 5.92 Å². The Hall–Kier alpha value is -1.63. The van der Waals surface area contributed by atoms with Crippen LogP contribution >= 0.6 is 0 Å². The number of amides is 2. The van der Waals surface area contributed by atoms with Crippen LogP contribution in [0.15, 0.2) is 0 Å². The van der Waals surface area contributed by atoms with E-state index in [-0.39, 0.29) is 31.4 Å². The molecule has 2 heterocycles. The highest BCUT2D eigenvalue weighted by Crippen LogP contribution is 2.20. The van der Waals surface area contributed by atoms with Crippen molar-refractivity contribution in [2.75, 3.05) is 32.8 Å². The molecule has 0 aromatic heterocycles. The quantitative estimate of drug-likeness (QED) is 0.782. The number of cyclic esters (lactones) is 1. The lowest BCUT2D eigenvalue weighted by atomic mass is 9.94. The molecule has 2 fully saturated rings. The molecule has 2 rings (SSSR count). The fraction of sp³-hybridized carbons (Fsp3) is 0.750. The third-order valence-electron chi connectivity index (χ3n) is 3.59. The summed E-state index contributed by atoms with van der Waals surface area (Å²) >= 11 is 0. The molecule has 2 saturated heterocycles. The number of carboxylic acid groups (broad SMARTS) is 1. The van der Waals surface area contributed by atoms with Gasteiger partial charge >= 0.3 is 12.1 Å². The molecule has 2 amide bonds. The Balaban J connectivity index is 1.74. The second kappa shape index (κ2) is 6.01. The van der Waals surface area contributed by atoms with Crippen molar-refractivity contribution in [2.24, 2.45) is 5.92 Å². The molecule has 0 saturated carbocycles.